The lowest BCUT2D eigenvalue weighted by atomic mass is 10.1. The molecule has 0 bridgehead atoms. The lowest BCUT2D eigenvalue weighted by molar-refractivity contribution is -0.151. The number of methoxy groups -OCH3 is 1. The molecule has 0 aromatic carbocycles. The Balaban J connectivity index is 1.88. The third-order valence-corrected chi connectivity index (χ3v) is 3.59. The molecule has 2 heterocycles. The summed E-state index contributed by atoms with van der Waals surface area (Å²) in [6, 6.07) is 0. The Labute approximate surface area is 102 Å². The molecule has 2 aliphatic rings. The van der Waals surface area contributed by atoms with E-state index in [4.69, 9.17) is 4.74 Å². The van der Waals surface area contributed by atoms with Crippen LogP contribution in [-0.2, 0) is 14.3 Å². The van der Waals surface area contributed by atoms with E-state index >= 15 is 0 Å². The largest absolute Gasteiger partial charge is 0.380 e. The van der Waals surface area contributed by atoms with E-state index in [0.717, 1.165) is 38.8 Å². The summed E-state index contributed by atoms with van der Waals surface area (Å²) in [4.78, 5) is 27.3. The summed E-state index contributed by atoms with van der Waals surface area (Å²) >= 11 is 0. The van der Waals surface area contributed by atoms with Gasteiger partial charge in [0.25, 0.3) is 0 Å². The Hall–Kier alpha value is -1.10. The number of nitrogens with zero attached hydrogens (tertiary/aromatic N) is 2. The number of carbonyl (C=O) groups is 2. The molecule has 0 saturated carbocycles. The van der Waals surface area contributed by atoms with Gasteiger partial charge in [0.05, 0.1) is 6.10 Å². The number of hydrogen-bond acceptors (Lipinski definition) is 3. The van der Waals surface area contributed by atoms with Crippen LogP contribution in [0.4, 0.5) is 0 Å². The molecule has 2 aliphatic heterocycles. The van der Waals surface area contributed by atoms with Crippen LogP contribution in [0.25, 0.3) is 0 Å². The molecular weight excluding hydrogens is 220 g/mol. The van der Waals surface area contributed by atoms with Crippen molar-refractivity contribution in [2.75, 3.05) is 33.3 Å². The number of ether oxygens (including phenoxy) is 1. The van der Waals surface area contributed by atoms with Gasteiger partial charge in [-0.05, 0) is 25.7 Å². The average Bonchev–Trinajstić information content (AvgIpc) is 2.87. The van der Waals surface area contributed by atoms with E-state index in [-0.39, 0.29) is 17.9 Å². The van der Waals surface area contributed by atoms with Gasteiger partial charge in [-0.1, -0.05) is 0 Å². The highest BCUT2D eigenvalue weighted by molar-refractivity contribution is 6.35. The van der Waals surface area contributed by atoms with Crippen LogP contribution in [0.15, 0.2) is 0 Å². The van der Waals surface area contributed by atoms with Crippen molar-refractivity contribution >= 4 is 11.8 Å². The molecule has 2 saturated heterocycles. The molecule has 96 valence electrons. The van der Waals surface area contributed by atoms with Gasteiger partial charge >= 0.3 is 11.8 Å². The second kappa shape index (κ2) is 5.49. The first-order chi connectivity index (χ1) is 8.22. The first-order valence-electron chi connectivity index (χ1n) is 6.33. The van der Waals surface area contributed by atoms with E-state index < -0.39 is 0 Å². The lowest BCUT2D eigenvalue weighted by Gasteiger charge is -2.27. The zero-order valence-electron chi connectivity index (χ0n) is 10.4. The monoisotopic (exact) mass is 240 g/mol. The van der Waals surface area contributed by atoms with Crippen LogP contribution >= 0.6 is 0 Å². The first-order valence-corrected chi connectivity index (χ1v) is 6.33. The topological polar surface area (TPSA) is 49.9 Å². The van der Waals surface area contributed by atoms with Crippen LogP contribution in [0, 0.1) is 0 Å². The highest BCUT2D eigenvalue weighted by atomic mass is 16.5. The van der Waals surface area contributed by atoms with Gasteiger partial charge < -0.3 is 14.5 Å². The summed E-state index contributed by atoms with van der Waals surface area (Å²) in [7, 11) is 1.64. The molecule has 2 fully saturated rings. The minimum absolute atomic E-state index is 0.0908. The summed E-state index contributed by atoms with van der Waals surface area (Å²) in [5.74, 6) is -0.687. The van der Waals surface area contributed by atoms with Gasteiger partial charge in [0, 0.05) is 33.3 Å². The molecule has 1 atom stereocenters. The molecule has 0 N–H and O–H groups in total. The second-order valence-electron chi connectivity index (χ2n) is 4.75. The quantitative estimate of drug-likeness (QED) is 0.617. The normalized spacial score (nSPS) is 25.1. The molecule has 0 unspecified atom stereocenters. The molecule has 2 rings (SSSR count). The predicted octanol–water partition coefficient (Wildman–Crippen LogP) is 0.246. The average molecular weight is 240 g/mol. The molecular formula is C12H20N2O3. The zero-order chi connectivity index (χ0) is 12.3. The van der Waals surface area contributed by atoms with Crippen molar-refractivity contribution in [3.05, 3.63) is 0 Å². The Morgan fingerprint density at radius 2 is 1.65 bits per heavy atom. The Morgan fingerprint density at radius 1 is 1.00 bits per heavy atom. The highest BCUT2D eigenvalue weighted by Gasteiger charge is 2.32. The maximum Gasteiger partial charge on any atom is 0.312 e. The van der Waals surface area contributed by atoms with Crippen molar-refractivity contribution < 1.29 is 14.3 Å². The third kappa shape index (κ3) is 2.77. The van der Waals surface area contributed by atoms with Gasteiger partial charge in [-0.2, -0.15) is 0 Å². The van der Waals surface area contributed by atoms with Gasteiger partial charge in [-0.25, -0.2) is 0 Å². The van der Waals surface area contributed by atoms with Crippen LogP contribution in [-0.4, -0.2) is 61.0 Å². The Bertz CT molecular complexity index is 300. The van der Waals surface area contributed by atoms with Crippen LogP contribution < -0.4 is 0 Å². The van der Waals surface area contributed by atoms with Gasteiger partial charge in [-0.3, -0.25) is 9.59 Å². The SMILES string of the molecule is CO[C@H]1CCN(C(=O)C(=O)N2CCCCC2)C1. The van der Waals surface area contributed by atoms with E-state index in [1.165, 1.54) is 0 Å². The van der Waals surface area contributed by atoms with Crippen LogP contribution in [0.2, 0.25) is 0 Å². The molecule has 0 spiro atoms. The third-order valence-electron chi connectivity index (χ3n) is 3.59. The molecule has 17 heavy (non-hydrogen) atoms. The van der Waals surface area contributed by atoms with Crippen molar-refractivity contribution in [3.63, 3.8) is 0 Å². The second-order valence-corrected chi connectivity index (χ2v) is 4.75. The van der Waals surface area contributed by atoms with Crippen molar-refractivity contribution in [1.82, 2.24) is 9.80 Å². The molecule has 0 aromatic heterocycles. The van der Waals surface area contributed by atoms with Crippen LogP contribution in [0.3, 0.4) is 0 Å². The minimum Gasteiger partial charge on any atom is -0.380 e. The zero-order valence-corrected chi connectivity index (χ0v) is 10.4. The maximum absolute atomic E-state index is 12.0. The van der Waals surface area contributed by atoms with E-state index in [9.17, 15) is 9.59 Å². The summed E-state index contributed by atoms with van der Waals surface area (Å²) in [6.45, 7) is 2.64. The van der Waals surface area contributed by atoms with Crippen molar-refractivity contribution in [3.8, 4) is 0 Å². The summed E-state index contributed by atoms with van der Waals surface area (Å²) in [6.07, 6.45) is 4.11. The smallest absolute Gasteiger partial charge is 0.312 e. The fraction of sp³-hybridized carbons (Fsp3) is 0.833. The fourth-order valence-electron chi connectivity index (χ4n) is 2.47. The number of amides is 2. The standard InChI is InChI=1S/C12H20N2O3/c1-17-10-5-8-14(9-10)12(16)11(15)13-6-3-2-4-7-13/h10H,2-9H2,1H3/t10-/m0/s1. The van der Waals surface area contributed by atoms with Crippen LogP contribution in [0.5, 0.6) is 0 Å². The van der Waals surface area contributed by atoms with E-state index in [0.29, 0.717) is 13.1 Å². The Kier molecular flexibility index (Phi) is 3.99. The van der Waals surface area contributed by atoms with E-state index in [2.05, 4.69) is 0 Å². The van der Waals surface area contributed by atoms with E-state index in [1.54, 1.807) is 16.9 Å². The number of piperidine rings is 1. The first kappa shape index (κ1) is 12.4. The molecule has 0 aromatic rings. The summed E-state index contributed by atoms with van der Waals surface area (Å²) < 4.78 is 5.20. The summed E-state index contributed by atoms with van der Waals surface area (Å²) in [5.41, 5.74) is 0. The highest BCUT2D eigenvalue weighted by Crippen LogP contribution is 2.14. The lowest BCUT2D eigenvalue weighted by Crippen LogP contribution is -2.46. The predicted molar refractivity (Wildman–Crippen MR) is 62.4 cm³/mol. The Morgan fingerprint density at radius 3 is 2.24 bits per heavy atom. The van der Waals surface area contributed by atoms with Gasteiger partial charge in [0.1, 0.15) is 0 Å². The van der Waals surface area contributed by atoms with E-state index in [1.807, 2.05) is 0 Å². The molecule has 0 radical (unpaired) electrons. The number of hydrogen-bond donors (Lipinski definition) is 0. The van der Waals surface area contributed by atoms with Gasteiger partial charge in [0.15, 0.2) is 0 Å². The minimum atomic E-state index is -0.355. The van der Waals surface area contributed by atoms with Crippen molar-refractivity contribution in [2.24, 2.45) is 0 Å². The number of rotatable bonds is 1. The van der Waals surface area contributed by atoms with Crippen molar-refractivity contribution in [1.29, 1.82) is 0 Å². The van der Waals surface area contributed by atoms with Gasteiger partial charge in [-0.15, -0.1) is 0 Å². The number of carbonyl (C=O) groups excluding carboxylic acids is 2. The molecule has 0 aliphatic carbocycles. The fourth-order valence-corrected chi connectivity index (χ4v) is 2.47. The molecule has 5 nitrogen and oxygen atoms in total. The van der Waals surface area contributed by atoms with Gasteiger partial charge in [0.2, 0.25) is 0 Å². The summed E-state index contributed by atoms with van der Waals surface area (Å²) in [5, 5.41) is 0. The van der Waals surface area contributed by atoms with Crippen LogP contribution in [0.1, 0.15) is 25.7 Å². The maximum atomic E-state index is 12.0. The van der Waals surface area contributed by atoms with Crippen molar-refractivity contribution in [2.45, 2.75) is 31.8 Å². The molecule has 2 amide bonds. The molecule has 5 heteroatoms. The number of likely N-dealkylation sites (tertiary alicyclic amines) is 2.